The van der Waals surface area contributed by atoms with Crippen molar-refractivity contribution in [2.45, 2.75) is 25.8 Å². The first kappa shape index (κ1) is 14.4. The molecule has 1 aliphatic heterocycles. The van der Waals surface area contributed by atoms with E-state index in [1.165, 1.54) is 0 Å². The molecular formula is C15H20N2O3. The van der Waals surface area contributed by atoms with E-state index in [1.807, 2.05) is 37.3 Å². The fraction of sp³-hybridized carbons (Fsp3) is 0.467. The summed E-state index contributed by atoms with van der Waals surface area (Å²) in [5, 5.41) is 12.0. The number of carbonyl (C=O) groups excluding carboxylic acids is 1. The Kier molecular flexibility index (Phi) is 4.61. The fourth-order valence-electron chi connectivity index (χ4n) is 2.46. The number of carbonyl (C=O) groups is 2. The third kappa shape index (κ3) is 3.50. The molecule has 2 unspecified atom stereocenters. The molecule has 1 aromatic rings. The summed E-state index contributed by atoms with van der Waals surface area (Å²) in [5.74, 6) is -1.26. The highest BCUT2D eigenvalue weighted by Gasteiger charge is 2.28. The number of hydrogen-bond donors (Lipinski definition) is 2. The maximum Gasteiger partial charge on any atom is 0.317 e. The van der Waals surface area contributed by atoms with Crippen molar-refractivity contribution in [2.24, 2.45) is 5.92 Å². The van der Waals surface area contributed by atoms with Gasteiger partial charge in [0, 0.05) is 13.1 Å². The topological polar surface area (TPSA) is 69.6 Å². The summed E-state index contributed by atoms with van der Waals surface area (Å²) in [7, 11) is 0. The molecule has 0 spiro atoms. The van der Waals surface area contributed by atoms with Crippen molar-refractivity contribution in [1.29, 1.82) is 0 Å². The molecule has 0 aliphatic carbocycles. The van der Waals surface area contributed by atoms with E-state index in [4.69, 9.17) is 5.11 Å². The Hall–Kier alpha value is -2.04. The fourth-order valence-corrected chi connectivity index (χ4v) is 2.46. The van der Waals surface area contributed by atoms with E-state index in [2.05, 4.69) is 5.32 Å². The van der Waals surface area contributed by atoms with Gasteiger partial charge in [-0.15, -0.1) is 0 Å². The number of likely N-dealkylation sites (tertiary alicyclic amines) is 1. The lowest BCUT2D eigenvalue weighted by Gasteiger charge is -2.31. The molecule has 108 valence electrons. The molecule has 1 saturated heterocycles. The number of carboxylic acid groups (broad SMARTS) is 1. The highest BCUT2D eigenvalue weighted by molar-refractivity contribution is 5.76. The van der Waals surface area contributed by atoms with Crippen LogP contribution in [0.4, 0.5) is 4.79 Å². The normalized spacial score (nSPS) is 20.2. The average Bonchev–Trinajstić information content (AvgIpc) is 2.48. The lowest BCUT2D eigenvalue weighted by Crippen LogP contribution is -2.47. The van der Waals surface area contributed by atoms with E-state index in [0.717, 1.165) is 12.0 Å². The Bertz CT molecular complexity index is 475. The second-order valence-electron chi connectivity index (χ2n) is 5.21. The predicted molar refractivity (Wildman–Crippen MR) is 75.3 cm³/mol. The lowest BCUT2D eigenvalue weighted by atomic mass is 9.98. The van der Waals surface area contributed by atoms with Gasteiger partial charge in [0.25, 0.3) is 0 Å². The molecule has 20 heavy (non-hydrogen) atoms. The zero-order valence-electron chi connectivity index (χ0n) is 11.6. The lowest BCUT2D eigenvalue weighted by molar-refractivity contribution is -0.143. The molecule has 0 bridgehead atoms. The van der Waals surface area contributed by atoms with E-state index in [-0.39, 0.29) is 12.1 Å². The molecule has 5 heteroatoms. The van der Waals surface area contributed by atoms with Crippen LogP contribution in [0.15, 0.2) is 30.3 Å². The number of benzene rings is 1. The zero-order chi connectivity index (χ0) is 14.5. The zero-order valence-corrected chi connectivity index (χ0v) is 11.6. The van der Waals surface area contributed by atoms with Gasteiger partial charge >= 0.3 is 12.0 Å². The number of amides is 2. The molecule has 5 nitrogen and oxygen atoms in total. The van der Waals surface area contributed by atoms with Crippen LogP contribution in [0.5, 0.6) is 0 Å². The SMILES string of the molecule is CC(NC(=O)N1CCCC(C(=O)O)C1)c1ccccc1. The third-order valence-electron chi connectivity index (χ3n) is 3.70. The molecule has 1 aromatic carbocycles. The number of aliphatic carboxylic acids is 1. The Balaban J connectivity index is 1.93. The minimum atomic E-state index is -0.821. The average molecular weight is 276 g/mol. The van der Waals surface area contributed by atoms with Crippen molar-refractivity contribution in [1.82, 2.24) is 10.2 Å². The second kappa shape index (κ2) is 6.41. The van der Waals surface area contributed by atoms with Gasteiger partial charge < -0.3 is 15.3 Å². The standard InChI is InChI=1S/C15H20N2O3/c1-11(12-6-3-2-4-7-12)16-15(20)17-9-5-8-13(10-17)14(18)19/h2-4,6-7,11,13H,5,8-10H2,1H3,(H,16,20)(H,18,19). The van der Waals surface area contributed by atoms with Crippen molar-refractivity contribution in [3.8, 4) is 0 Å². The van der Waals surface area contributed by atoms with Gasteiger partial charge in [-0.1, -0.05) is 30.3 Å². The summed E-state index contributed by atoms with van der Waals surface area (Å²) < 4.78 is 0. The van der Waals surface area contributed by atoms with Crippen molar-refractivity contribution < 1.29 is 14.7 Å². The molecule has 1 fully saturated rings. The largest absolute Gasteiger partial charge is 0.481 e. The molecule has 2 amide bonds. The Morgan fingerprint density at radius 2 is 2.05 bits per heavy atom. The summed E-state index contributed by atoms with van der Waals surface area (Å²) >= 11 is 0. The number of nitrogens with one attached hydrogen (secondary N) is 1. The molecule has 2 rings (SSSR count). The second-order valence-corrected chi connectivity index (χ2v) is 5.21. The Morgan fingerprint density at radius 3 is 2.70 bits per heavy atom. The molecule has 2 atom stereocenters. The molecule has 2 N–H and O–H groups in total. The number of piperidine rings is 1. The molecule has 0 radical (unpaired) electrons. The van der Waals surface area contributed by atoms with Gasteiger partial charge in [-0.3, -0.25) is 4.79 Å². The van der Waals surface area contributed by atoms with Crippen molar-refractivity contribution in [3.05, 3.63) is 35.9 Å². The van der Waals surface area contributed by atoms with Crippen LogP contribution < -0.4 is 5.32 Å². The quantitative estimate of drug-likeness (QED) is 0.889. The van der Waals surface area contributed by atoms with Crippen LogP contribution in [-0.4, -0.2) is 35.1 Å². The van der Waals surface area contributed by atoms with Crippen LogP contribution in [0.3, 0.4) is 0 Å². The van der Waals surface area contributed by atoms with Gasteiger partial charge in [-0.2, -0.15) is 0 Å². The molecule has 0 saturated carbocycles. The molecule has 0 aromatic heterocycles. The van der Waals surface area contributed by atoms with Crippen LogP contribution in [0.1, 0.15) is 31.4 Å². The number of rotatable bonds is 3. The Morgan fingerprint density at radius 1 is 1.35 bits per heavy atom. The van der Waals surface area contributed by atoms with Crippen LogP contribution in [0.2, 0.25) is 0 Å². The first-order chi connectivity index (χ1) is 9.58. The van der Waals surface area contributed by atoms with E-state index >= 15 is 0 Å². The number of hydrogen-bond acceptors (Lipinski definition) is 2. The first-order valence-electron chi connectivity index (χ1n) is 6.91. The molecule has 1 aliphatic rings. The van der Waals surface area contributed by atoms with Gasteiger partial charge in [0.05, 0.1) is 12.0 Å². The van der Waals surface area contributed by atoms with Crippen LogP contribution in [-0.2, 0) is 4.79 Å². The first-order valence-corrected chi connectivity index (χ1v) is 6.91. The van der Waals surface area contributed by atoms with Gasteiger partial charge in [-0.25, -0.2) is 4.79 Å². The monoisotopic (exact) mass is 276 g/mol. The maximum absolute atomic E-state index is 12.2. The highest BCUT2D eigenvalue weighted by Crippen LogP contribution is 2.18. The molecule has 1 heterocycles. The van der Waals surface area contributed by atoms with Gasteiger partial charge in [0.1, 0.15) is 0 Å². The number of carboxylic acids is 1. The van der Waals surface area contributed by atoms with Crippen LogP contribution in [0.25, 0.3) is 0 Å². The minimum absolute atomic E-state index is 0.0890. The third-order valence-corrected chi connectivity index (χ3v) is 3.70. The smallest absolute Gasteiger partial charge is 0.317 e. The summed E-state index contributed by atoms with van der Waals surface area (Å²) in [4.78, 5) is 24.8. The van der Waals surface area contributed by atoms with Gasteiger partial charge in [-0.05, 0) is 25.3 Å². The molecular weight excluding hydrogens is 256 g/mol. The van der Waals surface area contributed by atoms with Crippen molar-refractivity contribution in [2.75, 3.05) is 13.1 Å². The van der Waals surface area contributed by atoms with Gasteiger partial charge in [0.2, 0.25) is 0 Å². The number of nitrogens with zero attached hydrogens (tertiary/aromatic N) is 1. The van der Waals surface area contributed by atoms with Crippen molar-refractivity contribution >= 4 is 12.0 Å². The summed E-state index contributed by atoms with van der Waals surface area (Å²) in [5.41, 5.74) is 1.03. The summed E-state index contributed by atoms with van der Waals surface area (Å²) in [6, 6.07) is 9.43. The van der Waals surface area contributed by atoms with Crippen LogP contribution in [0, 0.1) is 5.92 Å². The number of urea groups is 1. The summed E-state index contributed by atoms with van der Waals surface area (Å²) in [6.07, 6.45) is 1.39. The van der Waals surface area contributed by atoms with E-state index in [0.29, 0.717) is 19.5 Å². The predicted octanol–water partition coefficient (Wildman–Crippen LogP) is 2.25. The van der Waals surface area contributed by atoms with Crippen LogP contribution >= 0.6 is 0 Å². The van der Waals surface area contributed by atoms with E-state index < -0.39 is 11.9 Å². The summed E-state index contributed by atoms with van der Waals surface area (Å²) in [6.45, 7) is 2.84. The highest BCUT2D eigenvalue weighted by atomic mass is 16.4. The minimum Gasteiger partial charge on any atom is -0.481 e. The van der Waals surface area contributed by atoms with E-state index in [1.54, 1.807) is 4.90 Å². The van der Waals surface area contributed by atoms with Gasteiger partial charge in [0.15, 0.2) is 0 Å². The Labute approximate surface area is 118 Å². The maximum atomic E-state index is 12.2. The van der Waals surface area contributed by atoms with Crippen molar-refractivity contribution in [3.63, 3.8) is 0 Å². The van der Waals surface area contributed by atoms with E-state index in [9.17, 15) is 9.59 Å².